The van der Waals surface area contributed by atoms with Gasteiger partial charge in [-0.1, -0.05) is 28.0 Å². The van der Waals surface area contributed by atoms with Gasteiger partial charge in [-0.2, -0.15) is 4.39 Å². The number of carbonyl (C=O) groups is 1. The number of esters is 1. The number of rotatable bonds is 4. The molecule has 17 heavy (non-hydrogen) atoms. The SMILES string of the molecule is CCCOC(=O)/C(=N/O)c1cc(Br)cc(F)n1. The Morgan fingerprint density at radius 2 is 2.35 bits per heavy atom. The van der Waals surface area contributed by atoms with Crippen LogP contribution in [0.15, 0.2) is 21.8 Å². The number of nitrogens with zero attached hydrogens (tertiary/aromatic N) is 2. The number of halogens is 2. The summed E-state index contributed by atoms with van der Waals surface area (Å²) < 4.78 is 18.2. The molecule has 0 aliphatic heterocycles. The van der Waals surface area contributed by atoms with Crippen LogP contribution < -0.4 is 0 Å². The number of hydrogen-bond acceptors (Lipinski definition) is 5. The summed E-state index contributed by atoms with van der Waals surface area (Å²) >= 11 is 3.04. The van der Waals surface area contributed by atoms with Gasteiger partial charge in [-0.15, -0.1) is 0 Å². The molecule has 0 saturated carbocycles. The second kappa shape index (κ2) is 6.29. The van der Waals surface area contributed by atoms with E-state index < -0.39 is 17.6 Å². The van der Waals surface area contributed by atoms with Gasteiger partial charge in [-0.05, 0) is 12.5 Å². The van der Waals surface area contributed by atoms with E-state index in [2.05, 4.69) is 26.1 Å². The second-order valence-electron chi connectivity index (χ2n) is 3.08. The van der Waals surface area contributed by atoms with Crippen molar-refractivity contribution in [2.75, 3.05) is 6.61 Å². The molecule has 92 valence electrons. The third-order valence-corrected chi connectivity index (χ3v) is 2.19. The van der Waals surface area contributed by atoms with E-state index in [4.69, 9.17) is 9.94 Å². The molecule has 0 spiro atoms. The molecule has 1 aromatic heterocycles. The highest BCUT2D eigenvalue weighted by Crippen LogP contribution is 2.13. The first-order valence-corrected chi connectivity index (χ1v) is 5.60. The van der Waals surface area contributed by atoms with E-state index >= 15 is 0 Å². The molecule has 0 aliphatic carbocycles. The fraction of sp³-hybridized carbons (Fsp3) is 0.300. The predicted octanol–water partition coefficient (Wildman–Crippen LogP) is 2.11. The van der Waals surface area contributed by atoms with E-state index in [1.54, 1.807) is 0 Å². The maximum absolute atomic E-state index is 13.0. The molecule has 1 heterocycles. The molecule has 1 N–H and O–H groups in total. The Morgan fingerprint density at radius 1 is 1.65 bits per heavy atom. The zero-order chi connectivity index (χ0) is 12.8. The zero-order valence-electron chi connectivity index (χ0n) is 8.98. The summed E-state index contributed by atoms with van der Waals surface area (Å²) in [6.07, 6.45) is 0.630. The molecule has 0 bridgehead atoms. The van der Waals surface area contributed by atoms with Crippen molar-refractivity contribution in [1.29, 1.82) is 0 Å². The van der Waals surface area contributed by atoms with Crippen molar-refractivity contribution < 1.29 is 19.1 Å². The second-order valence-corrected chi connectivity index (χ2v) is 3.99. The summed E-state index contributed by atoms with van der Waals surface area (Å²) in [5.41, 5.74) is -0.529. The Kier molecular flexibility index (Phi) is 5.02. The molecule has 0 unspecified atom stereocenters. The van der Waals surface area contributed by atoms with E-state index in [1.165, 1.54) is 6.07 Å². The number of pyridine rings is 1. The molecule has 1 aromatic rings. The zero-order valence-corrected chi connectivity index (χ0v) is 10.6. The van der Waals surface area contributed by atoms with Gasteiger partial charge in [0.2, 0.25) is 11.7 Å². The van der Waals surface area contributed by atoms with Crippen LogP contribution in [0.25, 0.3) is 0 Å². The molecule has 1 rings (SSSR count). The first-order chi connectivity index (χ1) is 8.08. The van der Waals surface area contributed by atoms with Gasteiger partial charge in [-0.25, -0.2) is 9.78 Å². The summed E-state index contributed by atoms with van der Waals surface area (Å²) in [5, 5.41) is 11.5. The number of ether oxygens (including phenoxy) is 1. The Labute approximate surface area is 105 Å². The van der Waals surface area contributed by atoms with Gasteiger partial charge in [0.15, 0.2) is 0 Å². The molecule has 0 amide bonds. The minimum Gasteiger partial charge on any atom is -0.461 e. The Balaban J connectivity index is 2.98. The number of aromatic nitrogens is 1. The molecule has 0 atom stereocenters. The van der Waals surface area contributed by atoms with Crippen LogP contribution in [0.3, 0.4) is 0 Å². The van der Waals surface area contributed by atoms with Crippen molar-refractivity contribution in [3.8, 4) is 0 Å². The molecule has 0 saturated heterocycles. The van der Waals surface area contributed by atoms with Crippen LogP contribution in [-0.4, -0.2) is 28.5 Å². The molecule has 0 aliphatic rings. The standard InChI is InChI=1S/C10H10BrFN2O3/c1-2-3-17-10(15)9(14-16)7-4-6(11)5-8(12)13-7/h4-5,16H,2-3H2,1H3/b14-9+. The van der Waals surface area contributed by atoms with Gasteiger partial charge in [0.25, 0.3) is 0 Å². The third kappa shape index (κ3) is 3.77. The first-order valence-electron chi connectivity index (χ1n) is 4.81. The summed E-state index contributed by atoms with van der Waals surface area (Å²) in [4.78, 5) is 14.9. The van der Waals surface area contributed by atoms with Crippen molar-refractivity contribution >= 4 is 27.6 Å². The minimum atomic E-state index is -0.848. The topological polar surface area (TPSA) is 71.8 Å². The van der Waals surface area contributed by atoms with Crippen molar-refractivity contribution in [1.82, 2.24) is 4.98 Å². The van der Waals surface area contributed by atoms with Gasteiger partial charge < -0.3 is 9.94 Å². The normalized spacial score (nSPS) is 11.4. The van der Waals surface area contributed by atoms with Crippen LogP contribution in [0.5, 0.6) is 0 Å². The quantitative estimate of drug-likeness (QED) is 0.304. The molecule has 5 nitrogen and oxygen atoms in total. The van der Waals surface area contributed by atoms with Crippen LogP contribution >= 0.6 is 15.9 Å². The van der Waals surface area contributed by atoms with E-state index in [1.807, 2.05) is 6.92 Å². The summed E-state index contributed by atoms with van der Waals surface area (Å²) in [6.45, 7) is 2.01. The lowest BCUT2D eigenvalue weighted by Crippen LogP contribution is -2.21. The van der Waals surface area contributed by atoms with E-state index in [9.17, 15) is 9.18 Å². The molecule has 0 radical (unpaired) electrons. The number of oxime groups is 1. The monoisotopic (exact) mass is 304 g/mol. The van der Waals surface area contributed by atoms with E-state index in [0.717, 1.165) is 6.07 Å². The number of carbonyl (C=O) groups excluding carboxylic acids is 1. The molecular formula is C10H10BrFN2O3. The first kappa shape index (κ1) is 13.6. The third-order valence-electron chi connectivity index (χ3n) is 1.73. The lowest BCUT2D eigenvalue weighted by molar-refractivity contribution is -0.135. The fourth-order valence-corrected chi connectivity index (χ4v) is 1.45. The average Bonchev–Trinajstić information content (AvgIpc) is 2.26. The van der Waals surface area contributed by atoms with Gasteiger partial charge in [-0.3, -0.25) is 0 Å². The van der Waals surface area contributed by atoms with Gasteiger partial charge in [0.1, 0.15) is 5.69 Å². The largest absolute Gasteiger partial charge is 0.461 e. The van der Waals surface area contributed by atoms with Crippen LogP contribution in [-0.2, 0) is 9.53 Å². The van der Waals surface area contributed by atoms with E-state index in [-0.39, 0.29) is 12.3 Å². The lowest BCUT2D eigenvalue weighted by Gasteiger charge is -2.04. The van der Waals surface area contributed by atoms with Gasteiger partial charge in [0, 0.05) is 10.5 Å². The maximum atomic E-state index is 13.0. The van der Waals surface area contributed by atoms with Crippen molar-refractivity contribution in [3.05, 3.63) is 28.2 Å². The number of hydrogen-bond donors (Lipinski definition) is 1. The summed E-state index contributed by atoms with van der Waals surface area (Å²) in [7, 11) is 0. The van der Waals surface area contributed by atoms with Crippen molar-refractivity contribution in [2.24, 2.45) is 5.16 Å². The minimum absolute atomic E-state index is 0.0968. The summed E-state index contributed by atoms with van der Waals surface area (Å²) in [6, 6.07) is 2.47. The van der Waals surface area contributed by atoms with Gasteiger partial charge >= 0.3 is 5.97 Å². The summed E-state index contributed by atoms with van der Waals surface area (Å²) in [5.74, 6) is -1.64. The van der Waals surface area contributed by atoms with Crippen LogP contribution in [0.1, 0.15) is 19.0 Å². The molecule has 0 aromatic carbocycles. The van der Waals surface area contributed by atoms with Crippen LogP contribution in [0.2, 0.25) is 0 Å². The Bertz CT molecular complexity index is 431. The highest BCUT2D eigenvalue weighted by Gasteiger charge is 2.19. The van der Waals surface area contributed by atoms with Crippen molar-refractivity contribution in [3.63, 3.8) is 0 Å². The van der Waals surface area contributed by atoms with Crippen LogP contribution in [0, 0.1) is 5.95 Å². The fourth-order valence-electron chi connectivity index (χ4n) is 1.05. The predicted molar refractivity (Wildman–Crippen MR) is 61.5 cm³/mol. The maximum Gasteiger partial charge on any atom is 0.362 e. The van der Waals surface area contributed by atoms with E-state index in [0.29, 0.717) is 10.9 Å². The molecule has 0 fully saturated rings. The lowest BCUT2D eigenvalue weighted by atomic mass is 10.2. The Morgan fingerprint density at radius 3 is 2.88 bits per heavy atom. The Hall–Kier alpha value is -1.50. The average molecular weight is 305 g/mol. The molecule has 7 heteroatoms. The highest BCUT2D eigenvalue weighted by molar-refractivity contribution is 9.10. The molecular weight excluding hydrogens is 295 g/mol. The smallest absolute Gasteiger partial charge is 0.362 e. The van der Waals surface area contributed by atoms with Gasteiger partial charge in [0.05, 0.1) is 6.61 Å². The van der Waals surface area contributed by atoms with Crippen molar-refractivity contribution in [2.45, 2.75) is 13.3 Å². The highest BCUT2D eigenvalue weighted by atomic mass is 79.9. The van der Waals surface area contributed by atoms with Crippen LogP contribution in [0.4, 0.5) is 4.39 Å².